The number of nitrogens with one attached hydrogen (secondary N) is 2. The first-order chi connectivity index (χ1) is 12.6. The molecule has 0 spiro atoms. The summed E-state index contributed by atoms with van der Waals surface area (Å²) < 4.78 is 13.9. The number of rotatable bonds is 3. The number of fused-ring (bicyclic) bond motifs is 1. The summed E-state index contributed by atoms with van der Waals surface area (Å²) in [6, 6.07) is 8.33. The Morgan fingerprint density at radius 1 is 1.27 bits per heavy atom. The van der Waals surface area contributed by atoms with Gasteiger partial charge in [0, 0.05) is 42.7 Å². The van der Waals surface area contributed by atoms with Crippen molar-refractivity contribution in [2.45, 2.75) is 31.5 Å². The molecule has 2 N–H and O–H groups in total. The molecule has 134 valence electrons. The van der Waals surface area contributed by atoms with Crippen molar-refractivity contribution in [3.05, 3.63) is 59.7 Å². The highest BCUT2D eigenvalue weighted by atomic mass is 19.1. The highest BCUT2D eigenvalue weighted by Crippen LogP contribution is 2.30. The van der Waals surface area contributed by atoms with Crippen molar-refractivity contribution in [3.8, 4) is 0 Å². The highest BCUT2D eigenvalue weighted by Gasteiger charge is 2.32. The maximum atomic E-state index is 13.9. The number of hydrogen-bond acceptors (Lipinski definition) is 4. The third-order valence-electron chi connectivity index (χ3n) is 4.89. The molecule has 2 aromatic rings. The van der Waals surface area contributed by atoms with E-state index >= 15 is 0 Å². The van der Waals surface area contributed by atoms with Gasteiger partial charge in [-0.3, -0.25) is 19.9 Å². The lowest BCUT2D eigenvalue weighted by Gasteiger charge is -2.32. The van der Waals surface area contributed by atoms with Gasteiger partial charge in [0.15, 0.2) is 0 Å². The summed E-state index contributed by atoms with van der Waals surface area (Å²) in [5.74, 6) is -0.515. The van der Waals surface area contributed by atoms with Gasteiger partial charge in [0.1, 0.15) is 5.82 Å². The first kappa shape index (κ1) is 16.7. The average Bonchev–Trinajstić information content (AvgIpc) is 3.07. The average molecular weight is 354 g/mol. The molecule has 4 rings (SSSR count). The van der Waals surface area contributed by atoms with E-state index in [-0.39, 0.29) is 30.1 Å². The molecule has 0 saturated carbocycles. The van der Waals surface area contributed by atoms with Crippen LogP contribution in [0.2, 0.25) is 0 Å². The summed E-state index contributed by atoms with van der Waals surface area (Å²) in [5.41, 5.74) is 2.17. The van der Waals surface area contributed by atoms with Gasteiger partial charge < -0.3 is 10.2 Å². The van der Waals surface area contributed by atoms with Crippen LogP contribution in [0.15, 0.2) is 42.7 Å². The number of hydrogen-bond donors (Lipinski definition) is 2. The van der Waals surface area contributed by atoms with Gasteiger partial charge in [-0.2, -0.15) is 0 Å². The van der Waals surface area contributed by atoms with Crippen molar-refractivity contribution in [2.24, 2.45) is 0 Å². The smallest absolute Gasteiger partial charge is 0.230 e. The second-order valence-electron chi connectivity index (χ2n) is 6.56. The van der Waals surface area contributed by atoms with E-state index < -0.39 is 6.17 Å². The Hall–Kier alpha value is -2.80. The number of anilines is 1. The van der Waals surface area contributed by atoms with E-state index in [1.807, 2.05) is 12.1 Å². The molecule has 2 amide bonds. The minimum atomic E-state index is -0.459. The molecule has 26 heavy (non-hydrogen) atoms. The van der Waals surface area contributed by atoms with E-state index in [0.717, 1.165) is 5.56 Å². The van der Waals surface area contributed by atoms with E-state index in [0.29, 0.717) is 30.6 Å². The van der Waals surface area contributed by atoms with Crippen molar-refractivity contribution >= 4 is 17.5 Å². The quantitative estimate of drug-likeness (QED) is 0.879. The van der Waals surface area contributed by atoms with Crippen LogP contribution in [0.25, 0.3) is 0 Å². The molecule has 6 nitrogen and oxygen atoms in total. The Balaban J connectivity index is 1.47. The van der Waals surface area contributed by atoms with Crippen LogP contribution in [-0.2, 0) is 16.0 Å². The first-order valence-electron chi connectivity index (χ1n) is 8.65. The molecule has 0 aliphatic carbocycles. The van der Waals surface area contributed by atoms with Gasteiger partial charge in [0.2, 0.25) is 11.8 Å². The standard InChI is InChI=1S/C19H19FN4O2/c20-14-2-1-3-16-13(14)6-9-24(16)19(26)11-17-22-15(10-18(25)23-17)12-4-7-21-8-5-12/h1-5,7-8,15,17,22H,6,9-11H2,(H,23,25). The van der Waals surface area contributed by atoms with Crippen molar-refractivity contribution in [1.82, 2.24) is 15.6 Å². The molecule has 7 heteroatoms. The van der Waals surface area contributed by atoms with Crippen LogP contribution in [0.1, 0.15) is 30.0 Å². The first-order valence-corrected chi connectivity index (χ1v) is 8.65. The van der Waals surface area contributed by atoms with Crippen molar-refractivity contribution in [2.75, 3.05) is 11.4 Å². The predicted molar refractivity (Wildman–Crippen MR) is 93.7 cm³/mol. The molecule has 3 heterocycles. The van der Waals surface area contributed by atoms with Crippen LogP contribution < -0.4 is 15.5 Å². The van der Waals surface area contributed by atoms with Gasteiger partial charge in [-0.25, -0.2) is 4.39 Å². The maximum Gasteiger partial charge on any atom is 0.230 e. The lowest BCUT2D eigenvalue weighted by molar-refractivity contribution is -0.125. The van der Waals surface area contributed by atoms with Gasteiger partial charge >= 0.3 is 0 Å². The molecule has 2 aliphatic rings. The van der Waals surface area contributed by atoms with Crippen LogP contribution in [-0.4, -0.2) is 29.5 Å². The number of amides is 2. The van der Waals surface area contributed by atoms with Gasteiger partial charge in [0.05, 0.1) is 12.6 Å². The van der Waals surface area contributed by atoms with Crippen molar-refractivity contribution in [1.29, 1.82) is 0 Å². The molecule has 2 aliphatic heterocycles. The number of pyridine rings is 1. The van der Waals surface area contributed by atoms with E-state index in [4.69, 9.17) is 0 Å². The lowest BCUT2D eigenvalue weighted by Crippen LogP contribution is -2.54. The Morgan fingerprint density at radius 3 is 2.88 bits per heavy atom. The highest BCUT2D eigenvalue weighted by molar-refractivity contribution is 5.96. The molecule has 0 bridgehead atoms. The van der Waals surface area contributed by atoms with Gasteiger partial charge in [-0.05, 0) is 36.2 Å². The molecule has 0 radical (unpaired) electrons. The normalized spacial score (nSPS) is 22.0. The molecule has 2 unspecified atom stereocenters. The fourth-order valence-electron chi connectivity index (χ4n) is 3.64. The minimum absolute atomic E-state index is 0.101. The zero-order chi connectivity index (χ0) is 18.1. The number of nitrogens with zero attached hydrogens (tertiary/aromatic N) is 2. The molecule has 1 aromatic heterocycles. The molecule has 2 atom stereocenters. The second kappa shape index (κ2) is 6.84. The minimum Gasteiger partial charge on any atom is -0.340 e. The zero-order valence-corrected chi connectivity index (χ0v) is 14.1. The van der Waals surface area contributed by atoms with Crippen LogP contribution in [0.5, 0.6) is 0 Å². The van der Waals surface area contributed by atoms with E-state index in [2.05, 4.69) is 15.6 Å². The van der Waals surface area contributed by atoms with Crippen LogP contribution in [0, 0.1) is 5.82 Å². The predicted octanol–water partition coefficient (Wildman–Crippen LogP) is 1.68. The van der Waals surface area contributed by atoms with Crippen molar-refractivity contribution < 1.29 is 14.0 Å². The van der Waals surface area contributed by atoms with E-state index in [1.165, 1.54) is 6.07 Å². The molecule has 1 fully saturated rings. The maximum absolute atomic E-state index is 13.9. The number of aromatic nitrogens is 1. The molecular weight excluding hydrogens is 335 g/mol. The van der Waals surface area contributed by atoms with Gasteiger partial charge in [-0.1, -0.05) is 6.07 Å². The Bertz CT molecular complexity index is 843. The number of carbonyl (C=O) groups excluding carboxylic acids is 2. The Kier molecular flexibility index (Phi) is 4.38. The van der Waals surface area contributed by atoms with Crippen LogP contribution in [0.4, 0.5) is 10.1 Å². The van der Waals surface area contributed by atoms with E-state index in [9.17, 15) is 14.0 Å². The summed E-state index contributed by atoms with van der Waals surface area (Å²) in [6.45, 7) is 0.462. The number of halogens is 1. The fourth-order valence-corrected chi connectivity index (χ4v) is 3.64. The third kappa shape index (κ3) is 3.17. The van der Waals surface area contributed by atoms with Gasteiger partial charge in [0.25, 0.3) is 0 Å². The zero-order valence-electron chi connectivity index (χ0n) is 14.1. The van der Waals surface area contributed by atoms with Gasteiger partial charge in [-0.15, -0.1) is 0 Å². The van der Waals surface area contributed by atoms with Crippen LogP contribution in [0.3, 0.4) is 0 Å². The summed E-state index contributed by atoms with van der Waals surface area (Å²) >= 11 is 0. The number of benzene rings is 1. The SMILES string of the molecule is O=C1CC(c2ccncc2)NC(CC(=O)N2CCc3c(F)cccc32)N1. The summed E-state index contributed by atoms with van der Waals surface area (Å²) in [6.07, 6.45) is 3.84. The Labute approximate surface area is 150 Å². The molecule has 1 saturated heterocycles. The Morgan fingerprint density at radius 2 is 2.08 bits per heavy atom. The number of carbonyl (C=O) groups is 2. The second-order valence-corrected chi connectivity index (χ2v) is 6.56. The fraction of sp³-hybridized carbons (Fsp3) is 0.316. The molecular formula is C19H19FN4O2. The van der Waals surface area contributed by atoms with Crippen LogP contribution >= 0.6 is 0 Å². The third-order valence-corrected chi connectivity index (χ3v) is 4.89. The van der Waals surface area contributed by atoms with Crippen molar-refractivity contribution in [3.63, 3.8) is 0 Å². The largest absolute Gasteiger partial charge is 0.340 e. The monoisotopic (exact) mass is 354 g/mol. The summed E-state index contributed by atoms with van der Waals surface area (Å²) in [4.78, 5) is 30.4. The lowest BCUT2D eigenvalue weighted by atomic mass is 10.0. The molecule has 1 aromatic carbocycles. The summed E-state index contributed by atoms with van der Waals surface area (Å²) in [5, 5.41) is 6.13. The summed E-state index contributed by atoms with van der Waals surface area (Å²) in [7, 11) is 0. The topological polar surface area (TPSA) is 74.3 Å². The van der Waals surface area contributed by atoms with E-state index in [1.54, 1.807) is 29.4 Å².